The number of ether oxygens (including phenoxy) is 1. The number of aromatic nitrogens is 2. The van der Waals surface area contributed by atoms with E-state index in [-0.39, 0.29) is 12.0 Å². The molecule has 0 amide bonds. The SMILES string of the molecule is CC(C)(C)CCOc1cccc(-c2cccnc2-c2ccccc2CCCCCCN(CCC(O)C(F)(F)F)c2cccc(SN)n2)c1. The summed E-state index contributed by atoms with van der Waals surface area (Å²) in [5.74, 6) is 1.40. The first-order chi connectivity index (χ1) is 22.9. The van der Waals surface area contributed by atoms with Gasteiger partial charge in [-0.1, -0.05) is 82.1 Å². The number of benzene rings is 2. The van der Waals surface area contributed by atoms with Gasteiger partial charge in [0, 0.05) is 30.4 Å². The van der Waals surface area contributed by atoms with Gasteiger partial charge in [-0.25, -0.2) is 4.98 Å². The van der Waals surface area contributed by atoms with Gasteiger partial charge in [-0.2, -0.15) is 13.2 Å². The third kappa shape index (κ3) is 11.5. The normalized spacial score (nSPS) is 12.6. The summed E-state index contributed by atoms with van der Waals surface area (Å²) in [6, 6.07) is 25.9. The van der Waals surface area contributed by atoms with Gasteiger partial charge in [0.15, 0.2) is 6.10 Å². The van der Waals surface area contributed by atoms with E-state index in [1.54, 1.807) is 23.1 Å². The number of hydrogen-bond acceptors (Lipinski definition) is 7. The second-order valence-electron chi connectivity index (χ2n) is 13.2. The highest BCUT2D eigenvalue weighted by Crippen LogP contribution is 2.34. The highest BCUT2D eigenvalue weighted by molar-refractivity contribution is 7.97. The van der Waals surface area contributed by atoms with Crippen LogP contribution in [0.1, 0.15) is 64.9 Å². The number of aliphatic hydroxyl groups is 1. The average molecular weight is 681 g/mol. The number of rotatable bonds is 17. The van der Waals surface area contributed by atoms with Crippen molar-refractivity contribution >= 4 is 17.8 Å². The molecule has 10 heteroatoms. The Bertz CT molecular complexity index is 1580. The number of aliphatic hydroxyl groups excluding tert-OH is 1. The molecule has 0 fully saturated rings. The van der Waals surface area contributed by atoms with Crippen molar-refractivity contribution in [2.24, 2.45) is 10.6 Å². The number of nitrogens with zero attached hydrogens (tertiary/aromatic N) is 3. The minimum absolute atomic E-state index is 0.0398. The molecule has 0 aliphatic rings. The second kappa shape index (κ2) is 17.7. The van der Waals surface area contributed by atoms with Crippen molar-refractivity contribution in [3.8, 4) is 28.1 Å². The Morgan fingerprint density at radius 2 is 1.62 bits per heavy atom. The van der Waals surface area contributed by atoms with E-state index < -0.39 is 18.7 Å². The monoisotopic (exact) mass is 680 g/mol. The van der Waals surface area contributed by atoms with Crippen molar-refractivity contribution in [2.45, 2.75) is 83.0 Å². The Morgan fingerprint density at radius 1 is 0.875 bits per heavy atom. The summed E-state index contributed by atoms with van der Waals surface area (Å²) in [4.78, 5) is 11.1. The van der Waals surface area contributed by atoms with E-state index in [1.165, 1.54) is 5.56 Å². The molecule has 4 rings (SSSR count). The van der Waals surface area contributed by atoms with Gasteiger partial charge in [0.1, 0.15) is 16.6 Å². The van der Waals surface area contributed by atoms with E-state index in [0.29, 0.717) is 24.0 Å². The molecule has 4 aromatic rings. The zero-order valence-corrected chi connectivity index (χ0v) is 28.9. The number of alkyl halides is 3. The topological polar surface area (TPSA) is 84.5 Å². The van der Waals surface area contributed by atoms with Gasteiger partial charge in [-0.15, -0.1) is 0 Å². The first-order valence-electron chi connectivity index (χ1n) is 16.5. The number of unbranched alkanes of at least 4 members (excludes halogenated alkanes) is 3. The molecule has 0 spiro atoms. The molecule has 0 saturated heterocycles. The number of hydrogen-bond donors (Lipinski definition) is 2. The lowest BCUT2D eigenvalue weighted by Crippen LogP contribution is -2.35. The maximum absolute atomic E-state index is 13.0. The number of nitrogens with two attached hydrogens (primary N) is 1. The molecule has 258 valence electrons. The molecule has 2 aromatic heterocycles. The largest absolute Gasteiger partial charge is 0.494 e. The minimum Gasteiger partial charge on any atom is -0.494 e. The molecule has 0 radical (unpaired) electrons. The summed E-state index contributed by atoms with van der Waals surface area (Å²) < 4.78 is 45.0. The van der Waals surface area contributed by atoms with Crippen LogP contribution < -0.4 is 14.8 Å². The fourth-order valence-electron chi connectivity index (χ4n) is 5.45. The van der Waals surface area contributed by atoms with E-state index in [2.05, 4.69) is 62.2 Å². The summed E-state index contributed by atoms with van der Waals surface area (Å²) >= 11 is 0.987. The smallest absolute Gasteiger partial charge is 0.414 e. The van der Waals surface area contributed by atoms with Crippen LogP contribution in [-0.4, -0.2) is 47.1 Å². The fourth-order valence-corrected chi connectivity index (χ4v) is 5.75. The predicted molar refractivity (Wildman–Crippen MR) is 190 cm³/mol. The van der Waals surface area contributed by atoms with Crippen LogP contribution in [0.15, 0.2) is 90.1 Å². The van der Waals surface area contributed by atoms with Gasteiger partial charge >= 0.3 is 6.18 Å². The van der Waals surface area contributed by atoms with Crippen LogP contribution in [0.25, 0.3) is 22.4 Å². The highest BCUT2D eigenvalue weighted by Gasteiger charge is 2.38. The highest BCUT2D eigenvalue weighted by atomic mass is 32.2. The zero-order valence-electron chi connectivity index (χ0n) is 28.0. The van der Waals surface area contributed by atoms with E-state index in [0.717, 1.165) is 78.6 Å². The first-order valence-corrected chi connectivity index (χ1v) is 17.4. The zero-order chi connectivity index (χ0) is 34.6. The number of anilines is 1. The standard InChI is InChI=1S/C38H47F3N4O2S/c1-37(2,3)22-26-47-30-16-10-15-29(27-30)32-18-12-23-43-36(32)31-17-8-7-14-28(31)13-6-4-5-9-24-45(25-21-33(46)38(39,40)41)34-19-11-20-35(44-34)48-42/h7-8,10-12,14-20,23,27,33,46H,4-6,9,13,21-22,24-26,42H2,1-3H3. The van der Waals surface area contributed by atoms with Crippen LogP contribution in [-0.2, 0) is 6.42 Å². The van der Waals surface area contributed by atoms with Crippen molar-refractivity contribution in [1.82, 2.24) is 9.97 Å². The summed E-state index contributed by atoms with van der Waals surface area (Å²) in [5.41, 5.74) is 5.56. The fraction of sp³-hybridized carbons (Fsp3) is 0.421. The van der Waals surface area contributed by atoms with E-state index in [4.69, 9.17) is 14.9 Å². The molecule has 0 saturated carbocycles. The van der Waals surface area contributed by atoms with Crippen molar-refractivity contribution < 1.29 is 23.0 Å². The van der Waals surface area contributed by atoms with Gasteiger partial charge in [-0.3, -0.25) is 10.1 Å². The molecule has 48 heavy (non-hydrogen) atoms. The van der Waals surface area contributed by atoms with E-state index >= 15 is 0 Å². The van der Waals surface area contributed by atoms with Gasteiger partial charge in [0.25, 0.3) is 0 Å². The molecule has 0 bridgehead atoms. The molecule has 6 nitrogen and oxygen atoms in total. The molecule has 2 heterocycles. The average Bonchev–Trinajstić information content (AvgIpc) is 3.07. The number of halogens is 3. The van der Waals surface area contributed by atoms with E-state index in [9.17, 15) is 18.3 Å². The van der Waals surface area contributed by atoms with Gasteiger partial charge in [0.2, 0.25) is 0 Å². The molecule has 0 aliphatic heterocycles. The molecule has 3 N–H and O–H groups in total. The minimum atomic E-state index is -4.65. The van der Waals surface area contributed by atoms with Crippen molar-refractivity contribution in [3.05, 3.63) is 90.6 Å². The van der Waals surface area contributed by atoms with Crippen LogP contribution in [0.4, 0.5) is 19.0 Å². The lowest BCUT2D eigenvalue weighted by Gasteiger charge is -2.26. The molecule has 2 aromatic carbocycles. The Hall–Kier alpha value is -3.60. The Balaban J connectivity index is 1.37. The Morgan fingerprint density at radius 3 is 2.40 bits per heavy atom. The van der Waals surface area contributed by atoms with Crippen LogP contribution in [0, 0.1) is 5.41 Å². The van der Waals surface area contributed by atoms with Crippen molar-refractivity contribution in [1.29, 1.82) is 0 Å². The van der Waals surface area contributed by atoms with Crippen LogP contribution in [0.3, 0.4) is 0 Å². The molecule has 1 unspecified atom stereocenters. The quantitative estimate of drug-likeness (QED) is 0.0849. The first kappa shape index (κ1) is 37.2. The van der Waals surface area contributed by atoms with Crippen LogP contribution in [0.2, 0.25) is 0 Å². The van der Waals surface area contributed by atoms with Crippen molar-refractivity contribution in [2.75, 3.05) is 24.6 Å². The Kier molecular flexibility index (Phi) is 13.7. The summed E-state index contributed by atoms with van der Waals surface area (Å²) in [6.07, 6.45) is -0.169. The van der Waals surface area contributed by atoms with E-state index in [1.807, 2.05) is 30.5 Å². The maximum Gasteiger partial charge on any atom is 0.414 e. The molecular weight excluding hydrogens is 634 g/mol. The third-order valence-electron chi connectivity index (χ3n) is 8.17. The molecule has 1 atom stereocenters. The molecule has 0 aliphatic carbocycles. The molecular formula is C38H47F3N4O2S. The van der Waals surface area contributed by atoms with Crippen molar-refractivity contribution in [3.63, 3.8) is 0 Å². The van der Waals surface area contributed by atoms with Crippen LogP contribution >= 0.6 is 11.9 Å². The lowest BCUT2D eigenvalue weighted by atomic mass is 9.93. The summed E-state index contributed by atoms with van der Waals surface area (Å²) in [7, 11) is 0. The second-order valence-corrected chi connectivity index (χ2v) is 13.8. The number of pyridine rings is 2. The van der Waals surface area contributed by atoms with Crippen LogP contribution in [0.5, 0.6) is 5.75 Å². The summed E-state index contributed by atoms with van der Waals surface area (Å²) in [5, 5.41) is 15.8. The Labute approximate surface area is 287 Å². The lowest BCUT2D eigenvalue weighted by molar-refractivity contribution is -0.204. The van der Waals surface area contributed by atoms with Gasteiger partial charge in [-0.05, 0) is 90.9 Å². The maximum atomic E-state index is 13.0. The summed E-state index contributed by atoms with van der Waals surface area (Å²) in [6.45, 7) is 7.86. The number of aryl methyl sites for hydroxylation is 1. The van der Waals surface area contributed by atoms with Gasteiger partial charge < -0.3 is 14.7 Å². The predicted octanol–water partition coefficient (Wildman–Crippen LogP) is 9.51. The third-order valence-corrected chi connectivity index (χ3v) is 8.64. The van der Waals surface area contributed by atoms with Gasteiger partial charge in [0.05, 0.1) is 12.3 Å².